The molecule has 4 aromatic rings. The highest BCUT2D eigenvalue weighted by Gasteiger charge is 2.30. The average Bonchev–Trinajstić information content (AvgIpc) is 3.11. The zero-order chi connectivity index (χ0) is 25.2. The molecule has 0 radical (unpaired) electrons. The lowest BCUT2D eigenvalue weighted by Gasteiger charge is -2.12. The van der Waals surface area contributed by atoms with Gasteiger partial charge < -0.3 is 21.7 Å². The van der Waals surface area contributed by atoms with Crippen LogP contribution in [0.5, 0.6) is 0 Å². The SMILES string of the molecule is Cn1nc(N)c2c(C(=O)Nc3cccc(CNC(=O)Nc4cccc(C(F)(F)F)c4)c3)cccc21. The van der Waals surface area contributed by atoms with Gasteiger partial charge in [-0.15, -0.1) is 0 Å². The van der Waals surface area contributed by atoms with Gasteiger partial charge in [0.05, 0.1) is 22.0 Å². The van der Waals surface area contributed by atoms with Crippen LogP contribution in [0.2, 0.25) is 0 Å². The van der Waals surface area contributed by atoms with Gasteiger partial charge in [0.1, 0.15) is 0 Å². The highest BCUT2D eigenvalue weighted by Crippen LogP contribution is 2.30. The Hall–Kier alpha value is -4.54. The Morgan fingerprint density at radius 2 is 1.66 bits per heavy atom. The molecule has 5 N–H and O–H groups in total. The summed E-state index contributed by atoms with van der Waals surface area (Å²) in [5.74, 6) is -0.124. The van der Waals surface area contributed by atoms with Crippen LogP contribution in [0.3, 0.4) is 0 Å². The normalized spacial score (nSPS) is 11.3. The van der Waals surface area contributed by atoms with Gasteiger partial charge in [0.2, 0.25) is 0 Å². The van der Waals surface area contributed by atoms with Crippen molar-refractivity contribution in [3.8, 4) is 0 Å². The molecular formula is C24H21F3N6O2. The molecule has 0 spiro atoms. The number of fused-ring (bicyclic) bond motifs is 1. The minimum Gasteiger partial charge on any atom is -0.382 e. The molecular weight excluding hydrogens is 461 g/mol. The first-order valence-corrected chi connectivity index (χ1v) is 10.5. The third kappa shape index (κ3) is 5.35. The Labute approximate surface area is 197 Å². The van der Waals surface area contributed by atoms with Crippen LogP contribution >= 0.6 is 0 Å². The van der Waals surface area contributed by atoms with Crippen LogP contribution in [0.4, 0.5) is 35.2 Å². The van der Waals surface area contributed by atoms with E-state index in [1.165, 1.54) is 12.1 Å². The number of hydrogen-bond acceptors (Lipinski definition) is 4. The first-order chi connectivity index (χ1) is 16.6. The molecule has 8 nitrogen and oxygen atoms in total. The molecule has 0 aliphatic heterocycles. The third-order valence-electron chi connectivity index (χ3n) is 5.24. The second kappa shape index (κ2) is 9.37. The number of anilines is 3. The van der Waals surface area contributed by atoms with E-state index in [2.05, 4.69) is 21.0 Å². The maximum atomic E-state index is 12.9. The number of rotatable bonds is 5. The van der Waals surface area contributed by atoms with Crippen molar-refractivity contribution in [2.45, 2.75) is 12.7 Å². The molecule has 0 unspecified atom stereocenters. The second-order valence-corrected chi connectivity index (χ2v) is 7.75. The van der Waals surface area contributed by atoms with E-state index in [1.54, 1.807) is 48.1 Å². The number of nitrogens with one attached hydrogen (secondary N) is 3. The number of benzene rings is 3. The maximum Gasteiger partial charge on any atom is 0.416 e. The smallest absolute Gasteiger partial charge is 0.382 e. The topological polar surface area (TPSA) is 114 Å². The summed E-state index contributed by atoms with van der Waals surface area (Å²) in [7, 11) is 1.74. The number of halogens is 3. The van der Waals surface area contributed by atoms with E-state index in [9.17, 15) is 22.8 Å². The van der Waals surface area contributed by atoms with Crippen LogP contribution in [0.15, 0.2) is 66.7 Å². The average molecular weight is 482 g/mol. The Kier molecular flexibility index (Phi) is 6.32. The van der Waals surface area contributed by atoms with Crippen molar-refractivity contribution in [3.63, 3.8) is 0 Å². The van der Waals surface area contributed by atoms with Crippen LogP contribution in [-0.4, -0.2) is 21.7 Å². The Balaban J connectivity index is 1.40. The van der Waals surface area contributed by atoms with Crippen molar-refractivity contribution < 1.29 is 22.8 Å². The van der Waals surface area contributed by atoms with Crippen LogP contribution in [-0.2, 0) is 19.8 Å². The zero-order valence-electron chi connectivity index (χ0n) is 18.5. The molecule has 0 bridgehead atoms. The number of nitrogens with zero attached hydrogens (tertiary/aromatic N) is 2. The molecule has 4 rings (SSSR count). The van der Waals surface area contributed by atoms with Gasteiger partial charge in [-0.2, -0.15) is 18.3 Å². The fourth-order valence-corrected chi connectivity index (χ4v) is 3.62. The second-order valence-electron chi connectivity index (χ2n) is 7.75. The van der Waals surface area contributed by atoms with Gasteiger partial charge in [0, 0.05) is 25.0 Å². The van der Waals surface area contributed by atoms with Crippen molar-refractivity contribution in [2.24, 2.45) is 7.05 Å². The summed E-state index contributed by atoms with van der Waals surface area (Å²) in [6, 6.07) is 15.7. The minimum absolute atomic E-state index is 0.0159. The monoisotopic (exact) mass is 482 g/mol. The lowest BCUT2D eigenvalue weighted by Crippen LogP contribution is -2.28. The predicted octanol–water partition coefficient (Wildman–Crippen LogP) is 4.75. The third-order valence-corrected chi connectivity index (χ3v) is 5.24. The number of hydrogen-bond donors (Lipinski definition) is 4. The van der Waals surface area contributed by atoms with Gasteiger partial charge in [-0.3, -0.25) is 9.48 Å². The van der Waals surface area contributed by atoms with E-state index in [4.69, 9.17) is 5.73 Å². The highest BCUT2D eigenvalue weighted by molar-refractivity contribution is 6.15. The van der Waals surface area contributed by atoms with Gasteiger partial charge in [0.25, 0.3) is 5.91 Å². The number of aryl methyl sites for hydroxylation is 1. The van der Waals surface area contributed by atoms with Gasteiger partial charge in [-0.05, 0) is 48.0 Å². The number of amides is 3. The number of aromatic nitrogens is 2. The van der Waals surface area contributed by atoms with E-state index in [0.29, 0.717) is 22.2 Å². The molecule has 1 aromatic heterocycles. The predicted molar refractivity (Wildman–Crippen MR) is 127 cm³/mol. The molecule has 3 amide bonds. The number of nitrogen functional groups attached to an aromatic ring is 1. The Bertz CT molecular complexity index is 1410. The highest BCUT2D eigenvalue weighted by atomic mass is 19.4. The summed E-state index contributed by atoms with van der Waals surface area (Å²) >= 11 is 0. The van der Waals surface area contributed by atoms with Crippen molar-refractivity contribution in [2.75, 3.05) is 16.4 Å². The summed E-state index contributed by atoms with van der Waals surface area (Å²) in [4.78, 5) is 25.1. The minimum atomic E-state index is -4.51. The van der Waals surface area contributed by atoms with Gasteiger partial charge in [-0.1, -0.05) is 24.3 Å². The fraction of sp³-hybridized carbons (Fsp3) is 0.125. The molecule has 0 saturated heterocycles. The van der Waals surface area contributed by atoms with Crippen LogP contribution in [0.25, 0.3) is 10.9 Å². The van der Waals surface area contributed by atoms with Gasteiger partial charge >= 0.3 is 12.2 Å². The van der Waals surface area contributed by atoms with Crippen molar-refractivity contribution >= 4 is 40.0 Å². The Morgan fingerprint density at radius 3 is 2.40 bits per heavy atom. The lowest BCUT2D eigenvalue weighted by atomic mass is 10.1. The molecule has 35 heavy (non-hydrogen) atoms. The molecule has 11 heteroatoms. The van der Waals surface area contributed by atoms with Crippen LogP contribution in [0.1, 0.15) is 21.5 Å². The standard InChI is InChI=1S/C24H21F3N6O2/c1-33-19-10-4-9-18(20(19)21(28)32-33)22(34)30-16-7-2-5-14(11-16)13-29-23(35)31-17-8-3-6-15(12-17)24(25,26)27/h2-12H,13H2,1H3,(H2,28,32)(H,30,34)(H2,29,31,35). The number of alkyl halides is 3. The molecule has 0 aliphatic carbocycles. The summed E-state index contributed by atoms with van der Waals surface area (Å²) in [5.41, 5.74) is 7.38. The summed E-state index contributed by atoms with van der Waals surface area (Å²) in [6.07, 6.45) is -4.51. The van der Waals surface area contributed by atoms with E-state index in [1.807, 2.05) is 6.07 Å². The number of carbonyl (C=O) groups excluding carboxylic acids is 2. The molecule has 0 atom stereocenters. The molecule has 0 saturated carbocycles. The first-order valence-electron chi connectivity index (χ1n) is 10.5. The van der Waals surface area contributed by atoms with E-state index in [0.717, 1.165) is 17.6 Å². The number of carbonyl (C=O) groups is 2. The summed E-state index contributed by atoms with van der Waals surface area (Å²) < 4.78 is 40.1. The van der Waals surface area contributed by atoms with Crippen molar-refractivity contribution in [3.05, 3.63) is 83.4 Å². The van der Waals surface area contributed by atoms with Gasteiger partial charge in [-0.25, -0.2) is 4.79 Å². The van der Waals surface area contributed by atoms with E-state index >= 15 is 0 Å². The van der Waals surface area contributed by atoms with Gasteiger partial charge in [0.15, 0.2) is 5.82 Å². The maximum absolute atomic E-state index is 12.9. The van der Waals surface area contributed by atoms with Crippen molar-refractivity contribution in [1.82, 2.24) is 15.1 Å². The number of nitrogens with two attached hydrogens (primary N) is 1. The first kappa shape index (κ1) is 23.6. The largest absolute Gasteiger partial charge is 0.416 e. The number of urea groups is 1. The molecule has 180 valence electrons. The van der Waals surface area contributed by atoms with E-state index in [-0.39, 0.29) is 24.0 Å². The summed E-state index contributed by atoms with van der Waals surface area (Å²) in [5, 5.41) is 12.5. The van der Waals surface area contributed by atoms with E-state index < -0.39 is 17.8 Å². The molecule has 0 aliphatic rings. The Morgan fingerprint density at radius 1 is 0.971 bits per heavy atom. The lowest BCUT2D eigenvalue weighted by molar-refractivity contribution is -0.137. The molecule has 3 aromatic carbocycles. The van der Waals surface area contributed by atoms with Crippen molar-refractivity contribution in [1.29, 1.82) is 0 Å². The zero-order valence-corrected chi connectivity index (χ0v) is 18.5. The fourth-order valence-electron chi connectivity index (χ4n) is 3.62. The molecule has 1 heterocycles. The van der Waals surface area contributed by atoms with Crippen LogP contribution in [0, 0.1) is 0 Å². The van der Waals surface area contributed by atoms with Crippen LogP contribution < -0.4 is 21.7 Å². The summed E-state index contributed by atoms with van der Waals surface area (Å²) in [6.45, 7) is 0.0830. The quantitative estimate of drug-likeness (QED) is 0.329. The molecule has 0 fully saturated rings.